The summed E-state index contributed by atoms with van der Waals surface area (Å²) < 4.78 is 0. The first-order chi connectivity index (χ1) is 7.88. The molecular formula is C11H8N4O. The van der Waals surface area contributed by atoms with E-state index in [2.05, 4.69) is 19.9 Å². The topological polar surface area (TPSA) is 74.4 Å². The van der Waals surface area contributed by atoms with Gasteiger partial charge in [0.05, 0.1) is 11.4 Å². The van der Waals surface area contributed by atoms with Crippen molar-refractivity contribution in [2.24, 2.45) is 0 Å². The fourth-order valence-electron chi connectivity index (χ4n) is 1.72. The number of nitrogens with zero attached hydrogens (tertiary/aromatic N) is 2. The monoisotopic (exact) mass is 212 g/mol. The van der Waals surface area contributed by atoms with Crippen LogP contribution in [0, 0.1) is 0 Å². The number of carbonyl (C=O) groups excluding carboxylic acids is 1. The number of carbonyl (C=O) groups is 1. The average molecular weight is 212 g/mol. The molecule has 3 aromatic heterocycles. The molecule has 0 atom stereocenters. The summed E-state index contributed by atoms with van der Waals surface area (Å²) in [5.41, 5.74) is 3.03. The summed E-state index contributed by atoms with van der Waals surface area (Å²) in [5, 5.41) is 0.943. The number of H-pyrrole nitrogens is 2. The zero-order valence-electron chi connectivity index (χ0n) is 8.27. The highest BCUT2D eigenvalue weighted by Crippen LogP contribution is 2.24. The van der Waals surface area contributed by atoms with E-state index in [-0.39, 0.29) is 0 Å². The van der Waals surface area contributed by atoms with Crippen LogP contribution in [0.4, 0.5) is 0 Å². The van der Waals surface area contributed by atoms with Crippen LogP contribution in [-0.4, -0.2) is 26.2 Å². The third kappa shape index (κ3) is 1.22. The minimum absolute atomic E-state index is 0.539. The largest absolute Gasteiger partial charge is 0.358 e. The summed E-state index contributed by atoms with van der Waals surface area (Å²) in [6.45, 7) is 0. The Labute approximate surface area is 90.6 Å². The predicted octanol–water partition coefficient (Wildman–Crippen LogP) is 1.77. The van der Waals surface area contributed by atoms with Gasteiger partial charge in [0.15, 0.2) is 6.29 Å². The van der Waals surface area contributed by atoms with Crippen molar-refractivity contribution in [3.05, 3.63) is 36.5 Å². The van der Waals surface area contributed by atoms with Gasteiger partial charge in [-0.15, -0.1) is 0 Å². The lowest BCUT2D eigenvalue weighted by Gasteiger charge is -1.97. The van der Waals surface area contributed by atoms with E-state index in [0.717, 1.165) is 28.6 Å². The first-order valence-electron chi connectivity index (χ1n) is 4.80. The molecule has 2 N–H and O–H groups in total. The zero-order valence-corrected chi connectivity index (χ0v) is 8.27. The predicted molar refractivity (Wildman–Crippen MR) is 59.1 cm³/mol. The Balaban J connectivity index is 2.24. The van der Waals surface area contributed by atoms with Gasteiger partial charge in [-0.05, 0) is 12.1 Å². The molecule has 0 radical (unpaired) electrons. The second-order valence-electron chi connectivity index (χ2n) is 3.42. The molecule has 0 aliphatic rings. The average Bonchev–Trinajstić information content (AvgIpc) is 2.97. The minimum Gasteiger partial charge on any atom is -0.358 e. The van der Waals surface area contributed by atoms with Crippen LogP contribution in [0.15, 0.2) is 30.9 Å². The van der Waals surface area contributed by atoms with Gasteiger partial charge < -0.3 is 9.97 Å². The van der Waals surface area contributed by atoms with Crippen molar-refractivity contribution in [2.45, 2.75) is 0 Å². The minimum atomic E-state index is 0.539. The summed E-state index contributed by atoms with van der Waals surface area (Å²) in [6, 6.07) is 3.68. The molecule has 0 saturated heterocycles. The molecule has 0 saturated carbocycles. The Morgan fingerprint density at radius 3 is 3.00 bits per heavy atom. The standard InChI is InChI=1S/C11H8N4O/c16-5-8-3-7(4-13-8)10-9-1-2-12-11(9)15-6-14-10/h1-6,13H,(H,12,14,15). The van der Waals surface area contributed by atoms with Crippen molar-refractivity contribution in [1.29, 1.82) is 0 Å². The smallest absolute Gasteiger partial charge is 0.166 e. The number of aromatic amines is 2. The molecule has 5 heteroatoms. The van der Waals surface area contributed by atoms with Crippen LogP contribution in [0.5, 0.6) is 0 Å². The highest BCUT2D eigenvalue weighted by molar-refractivity contribution is 5.91. The maximum Gasteiger partial charge on any atom is 0.166 e. The molecule has 0 unspecified atom stereocenters. The Morgan fingerprint density at radius 1 is 1.25 bits per heavy atom. The maximum absolute atomic E-state index is 10.6. The van der Waals surface area contributed by atoms with E-state index in [9.17, 15) is 4.79 Å². The van der Waals surface area contributed by atoms with Crippen molar-refractivity contribution < 1.29 is 4.79 Å². The number of aldehydes is 1. The molecule has 0 amide bonds. The molecule has 16 heavy (non-hydrogen) atoms. The molecule has 3 rings (SSSR count). The quantitative estimate of drug-likeness (QED) is 0.635. The first kappa shape index (κ1) is 8.84. The fourth-order valence-corrected chi connectivity index (χ4v) is 1.72. The number of rotatable bonds is 2. The van der Waals surface area contributed by atoms with Crippen LogP contribution in [0.25, 0.3) is 22.3 Å². The molecule has 78 valence electrons. The number of hydrogen-bond donors (Lipinski definition) is 2. The molecule has 0 spiro atoms. The van der Waals surface area contributed by atoms with Crippen LogP contribution >= 0.6 is 0 Å². The molecule has 0 fully saturated rings. The summed E-state index contributed by atoms with van der Waals surface area (Å²) in [4.78, 5) is 24.8. The Morgan fingerprint density at radius 2 is 2.19 bits per heavy atom. The van der Waals surface area contributed by atoms with Crippen molar-refractivity contribution in [2.75, 3.05) is 0 Å². The van der Waals surface area contributed by atoms with Crippen LogP contribution in [0.3, 0.4) is 0 Å². The number of aromatic nitrogens is 4. The molecule has 0 aliphatic carbocycles. The van der Waals surface area contributed by atoms with Gasteiger partial charge in [0, 0.05) is 23.3 Å². The summed E-state index contributed by atoms with van der Waals surface area (Å²) in [5.74, 6) is 0. The third-order valence-electron chi connectivity index (χ3n) is 2.46. The van der Waals surface area contributed by atoms with Crippen molar-refractivity contribution in [3.8, 4) is 11.3 Å². The highest BCUT2D eigenvalue weighted by atomic mass is 16.1. The molecule has 3 heterocycles. The summed E-state index contributed by atoms with van der Waals surface area (Å²) in [7, 11) is 0. The molecule has 5 nitrogen and oxygen atoms in total. The van der Waals surface area contributed by atoms with Crippen LogP contribution in [-0.2, 0) is 0 Å². The fraction of sp³-hybridized carbons (Fsp3) is 0. The first-order valence-corrected chi connectivity index (χ1v) is 4.80. The van der Waals surface area contributed by atoms with E-state index in [4.69, 9.17) is 0 Å². The molecule has 0 aromatic carbocycles. The van der Waals surface area contributed by atoms with Gasteiger partial charge in [-0.25, -0.2) is 9.97 Å². The third-order valence-corrected chi connectivity index (χ3v) is 2.46. The van der Waals surface area contributed by atoms with E-state index >= 15 is 0 Å². The zero-order chi connectivity index (χ0) is 11.0. The second kappa shape index (κ2) is 3.30. The Bertz CT molecular complexity index is 653. The lowest BCUT2D eigenvalue weighted by molar-refractivity contribution is 0.111. The molecular weight excluding hydrogens is 204 g/mol. The van der Waals surface area contributed by atoms with Gasteiger partial charge in [0.25, 0.3) is 0 Å². The van der Waals surface area contributed by atoms with E-state index in [0.29, 0.717) is 5.69 Å². The molecule has 3 aromatic rings. The lowest BCUT2D eigenvalue weighted by Crippen LogP contribution is -1.85. The normalized spacial score (nSPS) is 10.8. The van der Waals surface area contributed by atoms with Gasteiger partial charge in [0.1, 0.15) is 12.0 Å². The van der Waals surface area contributed by atoms with Crippen LogP contribution in [0.1, 0.15) is 10.5 Å². The van der Waals surface area contributed by atoms with Gasteiger partial charge >= 0.3 is 0 Å². The van der Waals surface area contributed by atoms with E-state index in [1.807, 2.05) is 12.3 Å². The number of hydrogen-bond acceptors (Lipinski definition) is 3. The number of nitrogens with one attached hydrogen (secondary N) is 2. The SMILES string of the molecule is O=Cc1cc(-c2ncnc3[nH]ccc23)c[nH]1. The van der Waals surface area contributed by atoms with Crippen LogP contribution < -0.4 is 0 Å². The van der Waals surface area contributed by atoms with Crippen molar-refractivity contribution >= 4 is 17.3 Å². The Hall–Kier alpha value is -2.43. The molecule has 0 bridgehead atoms. The van der Waals surface area contributed by atoms with E-state index in [1.165, 1.54) is 6.33 Å². The van der Waals surface area contributed by atoms with Crippen LogP contribution in [0.2, 0.25) is 0 Å². The summed E-state index contributed by atoms with van der Waals surface area (Å²) >= 11 is 0. The van der Waals surface area contributed by atoms with Gasteiger partial charge in [-0.1, -0.05) is 0 Å². The van der Waals surface area contributed by atoms with E-state index in [1.54, 1.807) is 12.3 Å². The Kier molecular flexibility index (Phi) is 1.83. The lowest BCUT2D eigenvalue weighted by atomic mass is 10.1. The second-order valence-corrected chi connectivity index (χ2v) is 3.42. The number of fused-ring (bicyclic) bond motifs is 1. The summed E-state index contributed by atoms with van der Waals surface area (Å²) in [6.07, 6.45) is 5.86. The highest BCUT2D eigenvalue weighted by Gasteiger charge is 2.08. The van der Waals surface area contributed by atoms with Crippen molar-refractivity contribution in [3.63, 3.8) is 0 Å². The van der Waals surface area contributed by atoms with Gasteiger partial charge in [0.2, 0.25) is 0 Å². The van der Waals surface area contributed by atoms with Gasteiger partial charge in [-0.3, -0.25) is 4.79 Å². The molecule has 0 aliphatic heterocycles. The van der Waals surface area contributed by atoms with Crippen molar-refractivity contribution in [1.82, 2.24) is 19.9 Å². The van der Waals surface area contributed by atoms with E-state index < -0.39 is 0 Å². The van der Waals surface area contributed by atoms with Gasteiger partial charge in [-0.2, -0.15) is 0 Å². The maximum atomic E-state index is 10.6.